The highest BCUT2D eigenvalue weighted by molar-refractivity contribution is 6.95. The van der Waals surface area contributed by atoms with E-state index in [1.807, 2.05) is 0 Å². The van der Waals surface area contributed by atoms with Crippen LogP contribution in [0.4, 0.5) is 39.5 Å². The van der Waals surface area contributed by atoms with Gasteiger partial charge in [-0.15, -0.1) is 0 Å². The van der Waals surface area contributed by atoms with Crippen LogP contribution in [0.2, 0.25) is 0 Å². The Bertz CT molecular complexity index is 1050. The summed E-state index contributed by atoms with van der Waals surface area (Å²) < 4.78 is 129. The van der Waals surface area contributed by atoms with Crippen molar-refractivity contribution in [2.45, 2.75) is 0 Å². The van der Waals surface area contributed by atoms with Gasteiger partial charge in [-0.25, -0.2) is 39.5 Å². The molecule has 3 aromatic carbocycles. The molecule has 0 atom stereocenters. The first-order valence-electron chi connectivity index (χ1n) is 8.07. The molecule has 30 heavy (non-hydrogen) atoms. The first-order chi connectivity index (χ1) is 14.1. The van der Waals surface area contributed by atoms with Crippen LogP contribution in [0.3, 0.4) is 0 Å². The van der Waals surface area contributed by atoms with Crippen molar-refractivity contribution >= 4 is 27.4 Å². The quantitative estimate of drug-likeness (QED) is 0.437. The van der Waals surface area contributed by atoms with Crippen molar-refractivity contribution in [3.8, 4) is 5.75 Å². The summed E-state index contributed by atoms with van der Waals surface area (Å²) in [6.07, 6.45) is 0. The topological polar surface area (TPSA) is 9.23 Å². The maximum Gasteiger partial charge on any atom is 0.412 e. The Morgan fingerprint density at radius 2 is 0.900 bits per heavy atom. The summed E-state index contributed by atoms with van der Waals surface area (Å²) in [5.74, 6) is -15.8. The molecule has 0 radical (unpaired) electrons. The van der Waals surface area contributed by atoms with E-state index in [9.17, 15) is 39.5 Å². The summed E-state index contributed by atoms with van der Waals surface area (Å²) in [5.41, 5.74) is 0. The van der Waals surface area contributed by atoms with Gasteiger partial charge in [0.05, 0.1) is 7.11 Å². The Labute approximate surface area is 167 Å². The molecular formula is C19H8AlF9O. The number of hydrogen-bond acceptors (Lipinski definition) is 1. The van der Waals surface area contributed by atoms with Gasteiger partial charge in [-0.05, 0) is 13.3 Å². The molecule has 0 saturated heterocycles. The maximum absolute atomic E-state index is 14.9. The lowest BCUT2D eigenvalue weighted by Crippen LogP contribution is -2.59. The van der Waals surface area contributed by atoms with Gasteiger partial charge in [0.1, 0.15) is 40.7 Å². The van der Waals surface area contributed by atoms with Gasteiger partial charge in [-0.2, -0.15) is 0 Å². The maximum atomic E-state index is 14.9. The van der Waals surface area contributed by atoms with Crippen LogP contribution in [-0.2, 0) is 0 Å². The lowest BCUT2D eigenvalue weighted by atomic mass is 10.3. The number of hydrogen-bond donors (Lipinski definition) is 0. The highest BCUT2D eigenvalue weighted by atomic mass is 27.2. The molecule has 0 amide bonds. The lowest BCUT2D eigenvalue weighted by Gasteiger charge is -2.19. The molecule has 0 heterocycles. The van der Waals surface area contributed by atoms with E-state index < -0.39 is 85.5 Å². The van der Waals surface area contributed by atoms with Crippen molar-refractivity contribution in [2.75, 3.05) is 7.11 Å². The summed E-state index contributed by atoms with van der Waals surface area (Å²) >= 11 is -4.48. The van der Waals surface area contributed by atoms with E-state index in [-0.39, 0.29) is 30.3 Å². The largest absolute Gasteiger partial charge is 0.491 e. The van der Waals surface area contributed by atoms with Gasteiger partial charge >= 0.3 is 14.1 Å². The van der Waals surface area contributed by atoms with Gasteiger partial charge in [0.2, 0.25) is 0 Å². The van der Waals surface area contributed by atoms with Crippen LogP contribution in [0.1, 0.15) is 0 Å². The molecule has 0 unspecified atom stereocenters. The number of benzene rings is 3. The summed E-state index contributed by atoms with van der Waals surface area (Å²) in [4.78, 5) is 0. The monoisotopic (exact) mass is 450 g/mol. The SMILES string of the molecule is COc1c(F)cc(F)[c]([Al]([c]2c(F)cc(F)cc2F)[c]2c(F)cc(F)cc2F)c1F. The van der Waals surface area contributed by atoms with E-state index in [0.29, 0.717) is 0 Å². The zero-order chi connectivity index (χ0) is 22.3. The Kier molecular flexibility index (Phi) is 6.06. The Morgan fingerprint density at radius 3 is 1.27 bits per heavy atom. The van der Waals surface area contributed by atoms with Crippen molar-refractivity contribution in [1.29, 1.82) is 0 Å². The fourth-order valence-electron chi connectivity index (χ4n) is 3.13. The molecule has 0 aromatic heterocycles. The van der Waals surface area contributed by atoms with Crippen LogP contribution < -0.4 is 18.0 Å². The minimum Gasteiger partial charge on any atom is -0.491 e. The van der Waals surface area contributed by atoms with Crippen molar-refractivity contribution in [3.05, 3.63) is 82.7 Å². The molecular weight excluding hydrogens is 442 g/mol. The third-order valence-corrected chi connectivity index (χ3v) is 7.69. The Morgan fingerprint density at radius 1 is 0.533 bits per heavy atom. The van der Waals surface area contributed by atoms with Gasteiger partial charge < -0.3 is 4.74 Å². The van der Waals surface area contributed by atoms with E-state index in [2.05, 4.69) is 4.74 Å². The second-order valence-electron chi connectivity index (χ2n) is 6.10. The van der Waals surface area contributed by atoms with Gasteiger partial charge in [-0.1, -0.05) is 0 Å². The summed E-state index contributed by atoms with van der Waals surface area (Å²) in [7, 11) is 0.803. The van der Waals surface area contributed by atoms with E-state index in [1.54, 1.807) is 0 Å². The number of rotatable bonds is 4. The Hall–Kier alpha value is -2.64. The summed E-state index contributed by atoms with van der Waals surface area (Å²) in [6.45, 7) is 0. The zero-order valence-electron chi connectivity index (χ0n) is 14.8. The molecule has 0 aliphatic carbocycles. The normalized spacial score (nSPS) is 11.0. The molecule has 3 aromatic rings. The summed E-state index contributed by atoms with van der Waals surface area (Å²) in [5, 5.41) is 0. The molecule has 156 valence electrons. The minimum atomic E-state index is -4.48. The van der Waals surface area contributed by atoms with Crippen LogP contribution in [0.25, 0.3) is 0 Å². The first-order valence-corrected chi connectivity index (χ1v) is 9.80. The van der Waals surface area contributed by atoms with Crippen LogP contribution >= 0.6 is 0 Å². The molecule has 11 heteroatoms. The van der Waals surface area contributed by atoms with Gasteiger partial charge in [0, 0.05) is 30.3 Å². The minimum absolute atomic E-state index is 0.107. The van der Waals surface area contributed by atoms with Crippen LogP contribution in [0, 0.1) is 52.4 Å². The van der Waals surface area contributed by atoms with E-state index in [0.717, 1.165) is 7.11 Å². The van der Waals surface area contributed by atoms with Gasteiger partial charge in [0.25, 0.3) is 0 Å². The number of methoxy groups -OCH3 is 1. The van der Waals surface area contributed by atoms with Crippen LogP contribution in [-0.4, -0.2) is 21.3 Å². The highest BCUT2D eigenvalue weighted by Gasteiger charge is 2.41. The number of ether oxygens (including phenoxy) is 1. The van der Waals surface area contributed by atoms with E-state index >= 15 is 0 Å². The number of halogens is 9. The van der Waals surface area contributed by atoms with Gasteiger partial charge in [0.15, 0.2) is 17.4 Å². The van der Waals surface area contributed by atoms with Crippen molar-refractivity contribution < 1.29 is 44.3 Å². The molecule has 0 fully saturated rings. The molecule has 0 aliphatic heterocycles. The standard InChI is InChI=1S/C7H4F3O.2C6H2F3.Al/c1-11-7-5(9)2-4(8)3-6(7)10;2*7-4-1-5(8)3-6(9)2-4;/h2H,1H3;2*1-2H;. The van der Waals surface area contributed by atoms with Crippen molar-refractivity contribution in [1.82, 2.24) is 0 Å². The Balaban J connectivity index is 2.49. The van der Waals surface area contributed by atoms with Crippen molar-refractivity contribution in [3.63, 3.8) is 0 Å². The highest BCUT2D eigenvalue weighted by Crippen LogP contribution is 2.22. The fraction of sp³-hybridized carbons (Fsp3) is 0.0526. The third-order valence-electron chi connectivity index (χ3n) is 4.32. The molecule has 0 spiro atoms. The first kappa shape index (κ1) is 22.1. The molecule has 0 aliphatic rings. The molecule has 0 bridgehead atoms. The van der Waals surface area contributed by atoms with Crippen molar-refractivity contribution in [2.24, 2.45) is 0 Å². The third kappa shape index (κ3) is 3.75. The predicted molar refractivity (Wildman–Crippen MR) is 90.2 cm³/mol. The molecule has 0 saturated carbocycles. The van der Waals surface area contributed by atoms with Crippen LogP contribution in [0.15, 0.2) is 30.3 Å². The molecule has 0 N–H and O–H groups in total. The fourth-order valence-corrected chi connectivity index (χ4v) is 6.18. The second kappa shape index (κ2) is 8.24. The smallest absolute Gasteiger partial charge is 0.412 e. The lowest BCUT2D eigenvalue weighted by molar-refractivity contribution is 0.358. The average molecular weight is 450 g/mol. The second-order valence-corrected chi connectivity index (χ2v) is 8.70. The van der Waals surface area contributed by atoms with Gasteiger partial charge in [-0.3, -0.25) is 0 Å². The van der Waals surface area contributed by atoms with E-state index in [4.69, 9.17) is 0 Å². The molecule has 1 nitrogen and oxygen atoms in total. The van der Waals surface area contributed by atoms with E-state index in [1.165, 1.54) is 0 Å². The van der Waals surface area contributed by atoms with Crippen LogP contribution in [0.5, 0.6) is 5.75 Å². The molecule has 3 rings (SSSR count). The summed E-state index contributed by atoms with van der Waals surface area (Å²) in [6, 6.07) is 0.696. The average Bonchev–Trinajstić information content (AvgIpc) is 2.59. The predicted octanol–water partition coefficient (Wildman–Crippen LogP) is 3.46. The zero-order valence-corrected chi connectivity index (χ0v) is 15.9.